The van der Waals surface area contributed by atoms with Crippen LogP contribution in [-0.2, 0) is 4.79 Å². The second-order valence-electron chi connectivity index (χ2n) is 3.78. The van der Waals surface area contributed by atoms with Crippen LogP contribution >= 0.6 is 0 Å². The number of rotatable bonds is 3. The van der Waals surface area contributed by atoms with Crippen LogP contribution in [0.3, 0.4) is 0 Å². The lowest BCUT2D eigenvalue weighted by molar-refractivity contribution is -0.105. The summed E-state index contributed by atoms with van der Waals surface area (Å²) in [5.41, 5.74) is 1.79. The lowest BCUT2D eigenvalue weighted by Crippen LogP contribution is -2.16. The molecule has 2 heterocycles. The molecular formula is C12H11N5O. The number of hydrogen-bond donors (Lipinski definition) is 2. The number of carbonyl (C=O) groups is 1. The zero-order chi connectivity index (χ0) is 12.4. The molecule has 0 bridgehead atoms. The van der Waals surface area contributed by atoms with Crippen molar-refractivity contribution in [2.75, 3.05) is 22.2 Å². The quantitative estimate of drug-likeness (QED) is 0.798. The molecule has 1 aliphatic rings. The van der Waals surface area contributed by atoms with Gasteiger partial charge in [-0.25, -0.2) is 9.97 Å². The third-order valence-electron chi connectivity index (χ3n) is 2.76. The molecule has 0 atom stereocenters. The first-order valence-electron chi connectivity index (χ1n) is 5.52. The monoisotopic (exact) mass is 241 g/mol. The summed E-state index contributed by atoms with van der Waals surface area (Å²) in [5.74, 6) is 1.26. The average Bonchev–Trinajstić information content (AvgIpc) is 2.85. The Morgan fingerprint density at radius 1 is 1.28 bits per heavy atom. The predicted octanol–water partition coefficient (Wildman–Crippen LogP) is 1.57. The summed E-state index contributed by atoms with van der Waals surface area (Å²) in [7, 11) is 0. The Morgan fingerprint density at radius 3 is 2.89 bits per heavy atom. The predicted molar refractivity (Wildman–Crippen MR) is 68.8 cm³/mol. The number of benzene rings is 1. The number of carbonyl (C=O) groups excluding carboxylic acids is 1. The van der Waals surface area contributed by atoms with Gasteiger partial charge in [-0.2, -0.15) is 0 Å². The van der Waals surface area contributed by atoms with Crippen molar-refractivity contribution >= 4 is 29.4 Å². The topological polar surface area (TPSA) is 70.1 Å². The van der Waals surface area contributed by atoms with Gasteiger partial charge in [-0.1, -0.05) is 18.2 Å². The minimum absolute atomic E-state index is 0.494. The average molecular weight is 241 g/mol. The standard InChI is InChI=1S/C12H11N5O/c18-8-16-11-10-12(14-6-13-11)17(7-15-10)9-4-2-1-3-5-9/h1-6,8,15H,7H2,(H,13,14,16,18). The second-order valence-corrected chi connectivity index (χ2v) is 3.78. The number of para-hydroxylation sites is 1. The summed E-state index contributed by atoms with van der Waals surface area (Å²) in [4.78, 5) is 20.8. The zero-order valence-electron chi connectivity index (χ0n) is 9.50. The van der Waals surface area contributed by atoms with Crippen LogP contribution in [0.1, 0.15) is 0 Å². The fraction of sp³-hybridized carbons (Fsp3) is 0.0833. The number of amides is 1. The molecule has 1 aromatic carbocycles. The van der Waals surface area contributed by atoms with Crippen LogP contribution in [0, 0.1) is 0 Å². The molecule has 18 heavy (non-hydrogen) atoms. The summed E-state index contributed by atoms with van der Waals surface area (Å²) in [6.45, 7) is 0.603. The molecule has 0 spiro atoms. The van der Waals surface area contributed by atoms with Crippen LogP contribution in [0.15, 0.2) is 36.7 Å². The summed E-state index contributed by atoms with van der Waals surface area (Å²) in [5, 5.41) is 5.74. The van der Waals surface area contributed by atoms with Crippen LogP contribution in [0.25, 0.3) is 0 Å². The van der Waals surface area contributed by atoms with E-state index >= 15 is 0 Å². The van der Waals surface area contributed by atoms with Gasteiger partial charge < -0.3 is 15.5 Å². The molecule has 1 aromatic heterocycles. The normalized spacial score (nSPS) is 12.8. The Bertz CT molecular complexity index is 572. The van der Waals surface area contributed by atoms with Crippen LogP contribution in [0.2, 0.25) is 0 Å². The van der Waals surface area contributed by atoms with Crippen molar-refractivity contribution in [1.82, 2.24) is 9.97 Å². The Balaban J connectivity index is 2.02. The highest BCUT2D eigenvalue weighted by atomic mass is 16.1. The molecule has 1 amide bonds. The molecule has 3 rings (SSSR count). The summed E-state index contributed by atoms with van der Waals surface area (Å²) < 4.78 is 0. The number of hydrogen-bond acceptors (Lipinski definition) is 5. The van der Waals surface area contributed by atoms with Gasteiger partial charge >= 0.3 is 0 Å². The Hall–Kier alpha value is -2.63. The third-order valence-corrected chi connectivity index (χ3v) is 2.76. The van der Waals surface area contributed by atoms with Crippen LogP contribution in [0.5, 0.6) is 0 Å². The van der Waals surface area contributed by atoms with E-state index in [9.17, 15) is 4.79 Å². The van der Waals surface area contributed by atoms with E-state index in [0.29, 0.717) is 18.9 Å². The van der Waals surface area contributed by atoms with Crippen LogP contribution in [0.4, 0.5) is 23.0 Å². The third kappa shape index (κ3) is 1.64. The van der Waals surface area contributed by atoms with E-state index in [-0.39, 0.29) is 0 Å². The van der Waals surface area contributed by atoms with Gasteiger partial charge in [0.2, 0.25) is 6.41 Å². The molecule has 6 nitrogen and oxygen atoms in total. The highest BCUT2D eigenvalue weighted by Crippen LogP contribution is 2.37. The minimum atomic E-state index is 0.494. The first-order chi connectivity index (χ1) is 8.90. The summed E-state index contributed by atoms with van der Waals surface area (Å²) in [6.07, 6.45) is 2.04. The van der Waals surface area contributed by atoms with Crippen molar-refractivity contribution in [3.8, 4) is 0 Å². The molecule has 0 saturated carbocycles. The van der Waals surface area contributed by atoms with E-state index in [1.165, 1.54) is 6.33 Å². The zero-order valence-corrected chi connectivity index (χ0v) is 9.50. The fourth-order valence-corrected chi connectivity index (χ4v) is 1.96. The highest BCUT2D eigenvalue weighted by molar-refractivity contribution is 5.89. The number of aromatic nitrogens is 2. The van der Waals surface area contributed by atoms with Crippen LogP contribution in [-0.4, -0.2) is 23.0 Å². The SMILES string of the molecule is O=CNc1ncnc2c1NCN2c1ccccc1. The van der Waals surface area contributed by atoms with Gasteiger partial charge in [0, 0.05) is 5.69 Å². The highest BCUT2D eigenvalue weighted by Gasteiger charge is 2.24. The molecule has 2 N–H and O–H groups in total. The number of nitrogens with zero attached hydrogens (tertiary/aromatic N) is 3. The maximum atomic E-state index is 10.5. The van der Waals surface area contributed by atoms with Crippen molar-refractivity contribution in [3.05, 3.63) is 36.7 Å². The van der Waals surface area contributed by atoms with E-state index in [4.69, 9.17) is 0 Å². The Morgan fingerprint density at radius 2 is 2.11 bits per heavy atom. The molecule has 6 heteroatoms. The number of nitrogens with one attached hydrogen (secondary N) is 2. The fourth-order valence-electron chi connectivity index (χ4n) is 1.96. The molecule has 0 radical (unpaired) electrons. The molecule has 90 valence electrons. The van der Waals surface area contributed by atoms with Gasteiger partial charge in [-0.15, -0.1) is 0 Å². The number of fused-ring (bicyclic) bond motifs is 1. The maximum Gasteiger partial charge on any atom is 0.212 e. The van der Waals surface area contributed by atoms with Gasteiger partial charge in [0.1, 0.15) is 12.0 Å². The van der Waals surface area contributed by atoms with E-state index in [1.54, 1.807) is 0 Å². The first-order valence-corrected chi connectivity index (χ1v) is 5.52. The van der Waals surface area contributed by atoms with Crippen molar-refractivity contribution in [2.45, 2.75) is 0 Å². The second kappa shape index (κ2) is 4.33. The Labute approximate surface area is 104 Å². The van der Waals surface area contributed by atoms with Crippen LogP contribution < -0.4 is 15.5 Å². The first kappa shape index (κ1) is 10.5. The maximum absolute atomic E-state index is 10.5. The lowest BCUT2D eigenvalue weighted by Gasteiger charge is -2.16. The van der Waals surface area contributed by atoms with Gasteiger partial charge in [-0.05, 0) is 12.1 Å². The largest absolute Gasteiger partial charge is 0.361 e. The molecule has 0 fully saturated rings. The van der Waals surface area contributed by atoms with Crippen molar-refractivity contribution in [2.24, 2.45) is 0 Å². The van der Waals surface area contributed by atoms with E-state index in [2.05, 4.69) is 20.6 Å². The van der Waals surface area contributed by atoms with Gasteiger partial charge in [0.25, 0.3) is 0 Å². The molecule has 0 saturated heterocycles. The molecule has 0 unspecified atom stereocenters. The molecule has 2 aromatic rings. The smallest absolute Gasteiger partial charge is 0.212 e. The van der Waals surface area contributed by atoms with Gasteiger partial charge in [0.05, 0.1) is 6.67 Å². The van der Waals surface area contributed by atoms with Crippen molar-refractivity contribution in [1.29, 1.82) is 0 Å². The summed E-state index contributed by atoms with van der Waals surface area (Å²) in [6, 6.07) is 9.92. The summed E-state index contributed by atoms with van der Waals surface area (Å²) >= 11 is 0. The van der Waals surface area contributed by atoms with E-state index < -0.39 is 0 Å². The molecular weight excluding hydrogens is 230 g/mol. The lowest BCUT2D eigenvalue weighted by atomic mass is 10.3. The molecule has 0 aliphatic carbocycles. The molecule has 1 aliphatic heterocycles. The number of anilines is 4. The Kier molecular flexibility index (Phi) is 2.53. The van der Waals surface area contributed by atoms with Gasteiger partial charge in [-0.3, -0.25) is 4.79 Å². The van der Waals surface area contributed by atoms with E-state index in [0.717, 1.165) is 17.2 Å². The van der Waals surface area contributed by atoms with E-state index in [1.807, 2.05) is 35.2 Å². The van der Waals surface area contributed by atoms with Gasteiger partial charge in [0.15, 0.2) is 11.6 Å². The van der Waals surface area contributed by atoms with Crippen molar-refractivity contribution < 1.29 is 4.79 Å². The van der Waals surface area contributed by atoms with Crippen molar-refractivity contribution in [3.63, 3.8) is 0 Å². The minimum Gasteiger partial charge on any atom is -0.361 e.